The molecule has 1 atom stereocenters. The molecule has 0 saturated heterocycles. The molecule has 0 N–H and O–H groups in total. The zero-order valence-corrected chi connectivity index (χ0v) is 41.3. The third-order valence-electron chi connectivity index (χ3n) is 10.5. The van der Waals surface area contributed by atoms with Crippen molar-refractivity contribution in [1.82, 2.24) is 0 Å². The van der Waals surface area contributed by atoms with Gasteiger partial charge in [0.1, 0.15) is 13.2 Å². The monoisotopic (exact) mass is 887 g/mol. The number of ether oxygens (including phenoxy) is 3. The maximum Gasteiger partial charge on any atom is 0.306 e. The molecule has 0 rings (SSSR count). The molecule has 0 aromatic rings. The zero-order chi connectivity index (χ0) is 46.5. The van der Waals surface area contributed by atoms with Gasteiger partial charge in [-0.05, 0) is 122 Å². The van der Waals surface area contributed by atoms with Gasteiger partial charge in [0.2, 0.25) is 0 Å². The molecule has 0 aromatic heterocycles. The summed E-state index contributed by atoms with van der Waals surface area (Å²) >= 11 is 0. The van der Waals surface area contributed by atoms with Crippen LogP contribution < -0.4 is 0 Å². The maximum atomic E-state index is 12.8. The molecule has 6 nitrogen and oxygen atoms in total. The van der Waals surface area contributed by atoms with Gasteiger partial charge >= 0.3 is 17.9 Å². The van der Waals surface area contributed by atoms with Gasteiger partial charge in [-0.2, -0.15) is 0 Å². The lowest BCUT2D eigenvalue weighted by atomic mass is 10.1. The first-order chi connectivity index (χ1) is 31.5. The van der Waals surface area contributed by atoms with Crippen molar-refractivity contribution in [3.8, 4) is 0 Å². The number of unbranched alkanes of at least 4 members (excludes halogenated alkanes) is 16. The standard InChI is InChI=1S/C58H94O6/c1-4-7-10-13-16-19-22-25-27-28-29-30-32-33-36-39-42-45-48-51-57(60)63-54-55(53-62-56(59)50-47-44-41-38-35-24-21-18-15-12-9-6-3)64-58(61)52-49-46-43-40-37-34-31-26-23-20-17-14-11-8-5-2/h7-8,10-11,16-21,25-27,29-31,33,36,55H,4-6,9,12-15,22-24,28,32,34-35,37-54H2,1-3H3/b10-7-,11-8-,19-16-,20-17-,21-18-,27-25-,30-29-,31-26-,36-33-/t55-/m1/s1. The fraction of sp³-hybridized carbons (Fsp3) is 0.638. The molecule has 0 saturated carbocycles. The number of hydrogen-bond donors (Lipinski definition) is 0. The minimum Gasteiger partial charge on any atom is -0.462 e. The van der Waals surface area contributed by atoms with E-state index in [0.29, 0.717) is 19.3 Å². The Labute approximate surface area is 393 Å². The van der Waals surface area contributed by atoms with Gasteiger partial charge in [-0.1, -0.05) is 188 Å². The molecule has 6 heteroatoms. The van der Waals surface area contributed by atoms with Crippen molar-refractivity contribution in [3.63, 3.8) is 0 Å². The second-order valence-corrected chi connectivity index (χ2v) is 16.7. The molecule has 362 valence electrons. The Balaban J connectivity index is 4.49. The van der Waals surface area contributed by atoms with E-state index in [2.05, 4.69) is 130 Å². The van der Waals surface area contributed by atoms with Crippen molar-refractivity contribution in [2.24, 2.45) is 0 Å². The Morgan fingerprint density at radius 2 is 0.609 bits per heavy atom. The minimum absolute atomic E-state index is 0.102. The molecule has 64 heavy (non-hydrogen) atoms. The number of hydrogen-bond acceptors (Lipinski definition) is 6. The maximum absolute atomic E-state index is 12.8. The lowest BCUT2D eigenvalue weighted by Gasteiger charge is -2.18. The molecular weight excluding hydrogens is 793 g/mol. The summed E-state index contributed by atoms with van der Waals surface area (Å²) in [6, 6.07) is 0. The molecule has 0 bridgehead atoms. The smallest absolute Gasteiger partial charge is 0.306 e. The quantitative estimate of drug-likeness (QED) is 0.0262. The summed E-state index contributed by atoms with van der Waals surface area (Å²) in [6.07, 6.45) is 69.3. The zero-order valence-electron chi connectivity index (χ0n) is 41.3. The molecule has 0 aliphatic rings. The number of allylic oxidation sites excluding steroid dienone is 18. The molecular formula is C58H94O6. The Morgan fingerprint density at radius 1 is 0.328 bits per heavy atom. The lowest BCUT2D eigenvalue weighted by Crippen LogP contribution is -2.30. The highest BCUT2D eigenvalue weighted by atomic mass is 16.6. The molecule has 0 aliphatic carbocycles. The first kappa shape index (κ1) is 60.1. The summed E-state index contributed by atoms with van der Waals surface area (Å²) in [7, 11) is 0. The SMILES string of the molecule is CC/C=C\C/C=C\C/C=C\C/C=C\C/C=C\CCCCCC(=O)OC[C@@H](COC(=O)CCCCCCC/C=C\CCCCC)OC(=O)CCCCCCC/C=C\C/C=C\C/C=C\CC. The normalized spacial score (nSPS) is 13.0. The third kappa shape index (κ3) is 49.1. The Kier molecular flexibility index (Phi) is 48.5. The number of rotatable bonds is 45. The van der Waals surface area contributed by atoms with Crippen LogP contribution in [0.4, 0.5) is 0 Å². The average molecular weight is 887 g/mol. The van der Waals surface area contributed by atoms with Crippen LogP contribution in [0, 0.1) is 0 Å². The molecule has 0 unspecified atom stereocenters. The summed E-state index contributed by atoms with van der Waals surface area (Å²) in [4.78, 5) is 38.0. The van der Waals surface area contributed by atoms with Gasteiger partial charge in [0, 0.05) is 19.3 Å². The van der Waals surface area contributed by atoms with Crippen LogP contribution in [0.25, 0.3) is 0 Å². The van der Waals surface area contributed by atoms with Crippen LogP contribution >= 0.6 is 0 Å². The highest BCUT2D eigenvalue weighted by Crippen LogP contribution is 2.13. The first-order valence-corrected chi connectivity index (χ1v) is 25.9. The van der Waals surface area contributed by atoms with Gasteiger partial charge in [-0.25, -0.2) is 0 Å². The fourth-order valence-corrected chi connectivity index (χ4v) is 6.65. The number of carbonyl (C=O) groups is 3. The molecule has 0 spiro atoms. The van der Waals surface area contributed by atoms with E-state index in [1.54, 1.807) is 0 Å². The van der Waals surface area contributed by atoms with E-state index in [1.165, 1.54) is 32.1 Å². The second kappa shape index (κ2) is 51.7. The fourth-order valence-electron chi connectivity index (χ4n) is 6.65. The molecule has 0 radical (unpaired) electrons. The van der Waals surface area contributed by atoms with Gasteiger partial charge in [-0.3, -0.25) is 14.4 Å². The predicted octanol–water partition coefficient (Wildman–Crippen LogP) is 17.1. The van der Waals surface area contributed by atoms with Gasteiger partial charge in [0.25, 0.3) is 0 Å². The third-order valence-corrected chi connectivity index (χ3v) is 10.5. The van der Waals surface area contributed by atoms with Crippen LogP contribution in [-0.2, 0) is 28.6 Å². The van der Waals surface area contributed by atoms with E-state index in [1.807, 2.05) is 0 Å². The topological polar surface area (TPSA) is 78.9 Å². The summed E-state index contributed by atoms with van der Waals surface area (Å²) < 4.78 is 16.7. The Morgan fingerprint density at radius 3 is 0.984 bits per heavy atom. The largest absolute Gasteiger partial charge is 0.462 e. The van der Waals surface area contributed by atoms with Crippen LogP contribution in [0.1, 0.15) is 220 Å². The lowest BCUT2D eigenvalue weighted by molar-refractivity contribution is -0.167. The van der Waals surface area contributed by atoms with Gasteiger partial charge in [-0.15, -0.1) is 0 Å². The van der Waals surface area contributed by atoms with Crippen LogP contribution in [0.3, 0.4) is 0 Å². The molecule has 0 aliphatic heterocycles. The van der Waals surface area contributed by atoms with Gasteiger partial charge in [0.15, 0.2) is 6.10 Å². The van der Waals surface area contributed by atoms with Crippen molar-refractivity contribution in [3.05, 3.63) is 109 Å². The summed E-state index contributed by atoms with van der Waals surface area (Å²) in [5.41, 5.74) is 0. The van der Waals surface area contributed by atoms with Gasteiger partial charge < -0.3 is 14.2 Å². The van der Waals surface area contributed by atoms with Gasteiger partial charge in [0.05, 0.1) is 0 Å². The highest BCUT2D eigenvalue weighted by molar-refractivity contribution is 5.71. The molecule has 0 heterocycles. The van der Waals surface area contributed by atoms with E-state index >= 15 is 0 Å². The van der Waals surface area contributed by atoms with Crippen molar-refractivity contribution in [2.75, 3.05) is 13.2 Å². The predicted molar refractivity (Wildman–Crippen MR) is 274 cm³/mol. The Bertz CT molecular complexity index is 1340. The number of carbonyl (C=O) groups excluding carboxylic acids is 3. The second-order valence-electron chi connectivity index (χ2n) is 16.7. The summed E-state index contributed by atoms with van der Waals surface area (Å²) in [5.74, 6) is -0.967. The van der Waals surface area contributed by atoms with E-state index < -0.39 is 6.10 Å². The van der Waals surface area contributed by atoms with Crippen molar-refractivity contribution < 1.29 is 28.6 Å². The average Bonchev–Trinajstić information content (AvgIpc) is 3.29. The van der Waals surface area contributed by atoms with E-state index in [0.717, 1.165) is 148 Å². The summed E-state index contributed by atoms with van der Waals surface area (Å²) in [6.45, 7) is 6.32. The van der Waals surface area contributed by atoms with Crippen molar-refractivity contribution in [2.45, 2.75) is 226 Å². The van der Waals surface area contributed by atoms with E-state index in [4.69, 9.17) is 14.2 Å². The molecule has 0 aromatic carbocycles. The van der Waals surface area contributed by atoms with Crippen molar-refractivity contribution in [1.29, 1.82) is 0 Å². The highest BCUT2D eigenvalue weighted by Gasteiger charge is 2.19. The molecule has 0 fully saturated rings. The number of esters is 3. The minimum atomic E-state index is -0.805. The summed E-state index contributed by atoms with van der Waals surface area (Å²) in [5, 5.41) is 0. The van der Waals surface area contributed by atoms with Crippen LogP contribution in [0.15, 0.2) is 109 Å². The van der Waals surface area contributed by atoms with Crippen LogP contribution in [0.2, 0.25) is 0 Å². The van der Waals surface area contributed by atoms with Crippen LogP contribution in [-0.4, -0.2) is 37.2 Å². The molecule has 0 amide bonds. The first-order valence-electron chi connectivity index (χ1n) is 25.9. The van der Waals surface area contributed by atoms with Crippen LogP contribution in [0.5, 0.6) is 0 Å². The van der Waals surface area contributed by atoms with E-state index in [-0.39, 0.29) is 31.1 Å². The Hall–Kier alpha value is -3.93. The van der Waals surface area contributed by atoms with E-state index in [9.17, 15) is 14.4 Å². The van der Waals surface area contributed by atoms with Crippen molar-refractivity contribution >= 4 is 17.9 Å².